The minimum absolute atomic E-state index is 0.0123. The molecule has 1 aliphatic rings. The highest BCUT2D eigenvalue weighted by Crippen LogP contribution is 2.13. The van der Waals surface area contributed by atoms with Crippen molar-refractivity contribution in [2.45, 2.75) is 13.5 Å². The van der Waals surface area contributed by atoms with Gasteiger partial charge >= 0.3 is 0 Å². The van der Waals surface area contributed by atoms with E-state index in [-0.39, 0.29) is 5.91 Å². The number of likely N-dealkylation sites (N-methyl/N-ethyl adjacent to an activating group) is 1. The van der Waals surface area contributed by atoms with Gasteiger partial charge in [0, 0.05) is 57.0 Å². The molecule has 0 saturated carbocycles. The standard InChI is InChI=1S/C18H23N5O/c1-2-22-9-11-23(12-10-22)18(24)17-13-16(5-8-20-17)21-14-15-3-6-19-7-4-15/h3-8,13H,2,9-12,14H2,1H3,(H,20,21). The second kappa shape index (κ2) is 7.88. The van der Waals surface area contributed by atoms with Gasteiger partial charge in [0.25, 0.3) is 5.91 Å². The number of hydrogen-bond acceptors (Lipinski definition) is 5. The van der Waals surface area contributed by atoms with E-state index < -0.39 is 0 Å². The lowest BCUT2D eigenvalue weighted by molar-refractivity contribution is 0.0637. The van der Waals surface area contributed by atoms with Crippen LogP contribution in [-0.4, -0.2) is 58.4 Å². The molecule has 0 radical (unpaired) electrons. The summed E-state index contributed by atoms with van der Waals surface area (Å²) in [6.45, 7) is 7.28. The summed E-state index contributed by atoms with van der Waals surface area (Å²) in [5.74, 6) is 0.0123. The van der Waals surface area contributed by atoms with Gasteiger partial charge in [0.15, 0.2) is 0 Å². The van der Waals surface area contributed by atoms with E-state index in [1.54, 1.807) is 18.6 Å². The van der Waals surface area contributed by atoms with Crippen LogP contribution in [0.15, 0.2) is 42.9 Å². The number of anilines is 1. The van der Waals surface area contributed by atoms with Gasteiger partial charge in [-0.15, -0.1) is 0 Å². The van der Waals surface area contributed by atoms with Crippen LogP contribution < -0.4 is 5.32 Å². The van der Waals surface area contributed by atoms with Crippen molar-refractivity contribution in [1.29, 1.82) is 0 Å². The second-order valence-electron chi connectivity index (χ2n) is 5.87. The van der Waals surface area contributed by atoms with Crippen molar-refractivity contribution in [1.82, 2.24) is 19.8 Å². The van der Waals surface area contributed by atoms with Crippen LogP contribution in [0.3, 0.4) is 0 Å². The van der Waals surface area contributed by atoms with Crippen molar-refractivity contribution in [3.05, 3.63) is 54.1 Å². The second-order valence-corrected chi connectivity index (χ2v) is 5.87. The first-order valence-electron chi connectivity index (χ1n) is 8.36. The Hall–Kier alpha value is -2.47. The maximum absolute atomic E-state index is 12.6. The molecule has 2 aromatic rings. The molecule has 0 atom stereocenters. The summed E-state index contributed by atoms with van der Waals surface area (Å²) in [7, 11) is 0. The molecule has 6 heteroatoms. The Morgan fingerprint density at radius 1 is 1.12 bits per heavy atom. The Labute approximate surface area is 142 Å². The molecule has 0 bridgehead atoms. The third kappa shape index (κ3) is 4.08. The van der Waals surface area contributed by atoms with Crippen molar-refractivity contribution in [2.75, 3.05) is 38.0 Å². The number of nitrogens with zero attached hydrogens (tertiary/aromatic N) is 4. The number of amides is 1. The zero-order valence-electron chi connectivity index (χ0n) is 14.0. The molecule has 1 amide bonds. The highest BCUT2D eigenvalue weighted by molar-refractivity contribution is 5.93. The number of nitrogens with one attached hydrogen (secondary N) is 1. The van der Waals surface area contributed by atoms with Gasteiger partial charge in [-0.3, -0.25) is 14.8 Å². The lowest BCUT2D eigenvalue weighted by Crippen LogP contribution is -2.48. The minimum Gasteiger partial charge on any atom is -0.381 e. The predicted octanol–water partition coefficient (Wildman–Crippen LogP) is 1.87. The van der Waals surface area contributed by atoms with Crippen molar-refractivity contribution in [3.63, 3.8) is 0 Å². The van der Waals surface area contributed by atoms with Crippen LogP contribution in [0.5, 0.6) is 0 Å². The lowest BCUT2D eigenvalue weighted by atomic mass is 10.2. The fourth-order valence-corrected chi connectivity index (χ4v) is 2.79. The molecule has 126 valence electrons. The van der Waals surface area contributed by atoms with Crippen molar-refractivity contribution < 1.29 is 4.79 Å². The van der Waals surface area contributed by atoms with E-state index in [0.29, 0.717) is 12.2 Å². The van der Waals surface area contributed by atoms with Crippen molar-refractivity contribution >= 4 is 11.6 Å². The van der Waals surface area contributed by atoms with Gasteiger partial charge in [0.2, 0.25) is 0 Å². The number of hydrogen-bond donors (Lipinski definition) is 1. The zero-order valence-corrected chi connectivity index (χ0v) is 14.0. The van der Waals surface area contributed by atoms with E-state index in [2.05, 4.69) is 27.1 Å². The summed E-state index contributed by atoms with van der Waals surface area (Å²) >= 11 is 0. The summed E-state index contributed by atoms with van der Waals surface area (Å²) in [6, 6.07) is 7.64. The number of carbonyl (C=O) groups is 1. The average Bonchev–Trinajstić information content (AvgIpc) is 2.67. The molecule has 1 saturated heterocycles. The van der Waals surface area contributed by atoms with Gasteiger partial charge in [-0.1, -0.05) is 6.92 Å². The number of aromatic nitrogens is 2. The molecular formula is C18H23N5O. The van der Waals surface area contributed by atoms with Crippen LogP contribution in [0.2, 0.25) is 0 Å². The molecular weight excluding hydrogens is 302 g/mol. The summed E-state index contributed by atoms with van der Waals surface area (Å²) in [5, 5.41) is 3.33. The molecule has 2 aromatic heterocycles. The van der Waals surface area contributed by atoms with Crippen LogP contribution in [0.25, 0.3) is 0 Å². The monoisotopic (exact) mass is 325 g/mol. The minimum atomic E-state index is 0.0123. The smallest absolute Gasteiger partial charge is 0.272 e. The van der Waals surface area contributed by atoms with Gasteiger partial charge in [-0.2, -0.15) is 0 Å². The SMILES string of the molecule is CCN1CCN(C(=O)c2cc(NCc3ccncc3)ccn2)CC1. The molecule has 3 rings (SSSR count). The highest BCUT2D eigenvalue weighted by Gasteiger charge is 2.22. The normalized spacial score (nSPS) is 15.3. The van der Waals surface area contributed by atoms with E-state index >= 15 is 0 Å². The zero-order chi connectivity index (χ0) is 16.8. The van der Waals surface area contributed by atoms with Crippen LogP contribution in [0.1, 0.15) is 23.0 Å². The number of rotatable bonds is 5. The van der Waals surface area contributed by atoms with Crippen molar-refractivity contribution in [3.8, 4) is 0 Å². The molecule has 6 nitrogen and oxygen atoms in total. The number of pyridine rings is 2. The van der Waals surface area contributed by atoms with Gasteiger partial charge in [-0.05, 0) is 36.4 Å². The Bertz CT molecular complexity index is 668. The maximum atomic E-state index is 12.6. The summed E-state index contributed by atoms with van der Waals surface area (Å²) in [5.41, 5.74) is 2.54. The third-order valence-corrected chi connectivity index (χ3v) is 4.33. The largest absolute Gasteiger partial charge is 0.381 e. The molecule has 24 heavy (non-hydrogen) atoms. The number of piperazine rings is 1. The molecule has 0 unspecified atom stereocenters. The topological polar surface area (TPSA) is 61.4 Å². The molecule has 0 aromatic carbocycles. The number of carbonyl (C=O) groups excluding carboxylic acids is 1. The molecule has 1 N–H and O–H groups in total. The van der Waals surface area contributed by atoms with E-state index in [9.17, 15) is 4.79 Å². The van der Waals surface area contributed by atoms with Crippen LogP contribution in [0.4, 0.5) is 5.69 Å². The van der Waals surface area contributed by atoms with E-state index in [4.69, 9.17) is 0 Å². The van der Waals surface area contributed by atoms with Crippen molar-refractivity contribution in [2.24, 2.45) is 0 Å². The Kier molecular flexibility index (Phi) is 5.38. The quantitative estimate of drug-likeness (QED) is 0.909. The molecule has 0 spiro atoms. The lowest BCUT2D eigenvalue weighted by Gasteiger charge is -2.33. The summed E-state index contributed by atoms with van der Waals surface area (Å²) in [6.07, 6.45) is 5.23. The molecule has 1 aliphatic heterocycles. The van der Waals surface area contributed by atoms with Crippen LogP contribution in [0, 0.1) is 0 Å². The maximum Gasteiger partial charge on any atom is 0.272 e. The van der Waals surface area contributed by atoms with Gasteiger partial charge < -0.3 is 15.1 Å². The fraction of sp³-hybridized carbons (Fsp3) is 0.389. The fourth-order valence-electron chi connectivity index (χ4n) is 2.79. The third-order valence-electron chi connectivity index (χ3n) is 4.33. The summed E-state index contributed by atoms with van der Waals surface area (Å²) < 4.78 is 0. The van der Waals surface area contributed by atoms with Gasteiger partial charge in [-0.25, -0.2) is 0 Å². The van der Waals surface area contributed by atoms with Crippen LogP contribution in [-0.2, 0) is 6.54 Å². The molecule has 3 heterocycles. The Morgan fingerprint density at radius 3 is 2.58 bits per heavy atom. The Balaban J connectivity index is 1.61. The van der Waals surface area contributed by atoms with Crippen LogP contribution >= 0.6 is 0 Å². The van der Waals surface area contributed by atoms with E-state index in [1.807, 2.05) is 29.2 Å². The average molecular weight is 325 g/mol. The van der Waals surface area contributed by atoms with E-state index in [1.165, 1.54) is 0 Å². The van der Waals surface area contributed by atoms with Gasteiger partial charge in [0.1, 0.15) is 5.69 Å². The Morgan fingerprint density at radius 2 is 1.88 bits per heavy atom. The molecule has 0 aliphatic carbocycles. The highest BCUT2D eigenvalue weighted by atomic mass is 16.2. The predicted molar refractivity (Wildman–Crippen MR) is 93.8 cm³/mol. The first-order valence-corrected chi connectivity index (χ1v) is 8.36. The molecule has 1 fully saturated rings. The first-order chi connectivity index (χ1) is 11.8. The van der Waals surface area contributed by atoms with Gasteiger partial charge in [0.05, 0.1) is 0 Å². The first kappa shape index (κ1) is 16.4. The summed E-state index contributed by atoms with van der Waals surface area (Å²) in [4.78, 5) is 25.1. The van der Waals surface area contributed by atoms with E-state index in [0.717, 1.165) is 44.0 Å².